The van der Waals surface area contributed by atoms with Crippen molar-refractivity contribution in [3.8, 4) is 0 Å². The van der Waals surface area contributed by atoms with Crippen LogP contribution in [-0.4, -0.2) is 25.4 Å². The van der Waals surface area contributed by atoms with Crippen molar-refractivity contribution >= 4 is 12.6 Å². The molecule has 0 aliphatic carbocycles. The number of benzene rings is 1. The molecule has 0 spiro atoms. The van der Waals surface area contributed by atoms with Gasteiger partial charge in [0.05, 0.1) is 6.61 Å². The van der Waals surface area contributed by atoms with Gasteiger partial charge >= 0.3 is 7.12 Å². The zero-order valence-electron chi connectivity index (χ0n) is 7.98. The highest BCUT2D eigenvalue weighted by Crippen LogP contribution is 2.04. The van der Waals surface area contributed by atoms with Gasteiger partial charge in [0.25, 0.3) is 0 Å². The number of aliphatic hydroxyl groups is 1. The van der Waals surface area contributed by atoms with Crippen LogP contribution in [0.15, 0.2) is 24.3 Å². The van der Waals surface area contributed by atoms with E-state index in [-0.39, 0.29) is 13.7 Å². The summed E-state index contributed by atoms with van der Waals surface area (Å²) in [6, 6.07) is 7.65. The fourth-order valence-electron chi connectivity index (χ4n) is 1.52. The zero-order chi connectivity index (χ0) is 9.80. The van der Waals surface area contributed by atoms with E-state index in [0.717, 1.165) is 30.7 Å². The van der Waals surface area contributed by atoms with E-state index in [9.17, 15) is 0 Å². The minimum Gasteiger partial charge on any atom is -0.407 e. The molecule has 2 rings (SSSR count). The fraction of sp³-hybridized carbons (Fsp3) is 0.400. The predicted octanol–water partition coefficient (Wildman–Crippen LogP) is 0.311. The maximum absolute atomic E-state index is 8.98. The molecule has 1 aliphatic rings. The molecule has 1 heterocycles. The molecular formula is C10H13BO3. The third kappa shape index (κ3) is 2.15. The molecule has 3 nitrogen and oxygen atoms in total. The Balaban J connectivity index is 2.13. The Morgan fingerprint density at radius 3 is 2.79 bits per heavy atom. The van der Waals surface area contributed by atoms with Crippen molar-refractivity contribution in [1.82, 2.24) is 0 Å². The Hall–Kier alpha value is -0.835. The van der Waals surface area contributed by atoms with Gasteiger partial charge in [-0.2, -0.15) is 0 Å². The Labute approximate surface area is 83.8 Å². The van der Waals surface area contributed by atoms with Crippen molar-refractivity contribution in [2.24, 2.45) is 0 Å². The van der Waals surface area contributed by atoms with Crippen LogP contribution < -0.4 is 5.46 Å². The van der Waals surface area contributed by atoms with Gasteiger partial charge in [-0.3, -0.25) is 0 Å². The molecular weight excluding hydrogens is 179 g/mol. The van der Waals surface area contributed by atoms with E-state index in [0.29, 0.717) is 0 Å². The van der Waals surface area contributed by atoms with Crippen LogP contribution in [0.4, 0.5) is 0 Å². The van der Waals surface area contributed by atoms with Gasteiger partial charge in [0.15, 0.2) is 0 Å². The maximum Gasteiger partial charge on any atom is 0.493 e. The van der Waals surface area contributed by atoms with Gasteiger partial charge in [-0.1, -0.05) is 24.3 Å². The van der Waals surface area contributed by atoms with Gasteiger partial charge in [0, 0.05) is 13.2 Å². The lowest BCUT2D eigenvalue weighted by molar-refractivity contribution is 0.143. The molecule has 0 unspecified atom stereocenters. The number of rotatable bonds is 2. The summed E-state index contributed by atoms with van der Waals surface area (Å²) in [6.45, 7) is 1.54. The largest absolute Gasteiger partial charge is 0.493 e. The first-order valence-corrected chi connectivity index (χ1v) is 4.83. The van der Waals surface area contributed by atoms with Crippen LogP contribution >= 0.6 is 0 Å². The van der Waals surface area contributed by atoms with E-state index in [1.807, 2.05) is 24.3 Å². The molecule has 1 fully saturated rings. The molecule has 4 heteroatoms. The maximum atomic E-state index is 8.98. The van der Waals surface area contributed by atoms with Crippen LogP contribution in [0.5, 0.6) is 0 Å². The first kappa shape index (κ1) is 9.71. The van der Waals surface area contributed by atoms with E-state index < -0.39 is 0 Å². The van der Waals surface area contributed by atoms with Crippen molar-refractivity contribution in [3.63, 3.8) is 0 Å². The molecule has 14 heavy (non-hydrogen) atoms. The third-order valence-electron chi connectivity index (χ3n) is 2.23. The molecule has 0 bridgehead atoms. The number of hydrogen-bond acceptors (Lipinski definition) is 3. The summed E-state index contributed by atoms with van der Waals surface area (Å²) in [4.78, 5) is 0. The van der Waals surface area contributed by atoms with Crippen LogP contribution in [0.2, 0.25) is 0 Å². The summed E-state index contributed by atoms with van der Waals surface area (Å²) in [5.41, 5.74) is 1.87. The highest BCUT2D eigenvalue weighted by molar-refractivity contribution is 6.61. The second-order valence-electron chi connectivity index (χ2n) is 3.33. The molecule has 0 radical (unpaired) electrons. The lowest BCUT2D eigenvalue weighted by Gasteiger charge is -2.20. The highest BCUT2D eigenvalue weighted by Gasteiger charge is 2.24. The summed E-state index contributed by atoms with van der Waals surface area (Å²) in [5, 5.41) is 8.98. The molecule has 1 aromatic rings. The molecule has 74 valence electrons. The Morgan fingerprint density at radius 2 is 2.07 bits per heavy atom. The zero-order valence-corrected chi connectivity index (χ0v) is 7.98. The Kier molecular flexibility index (Phi) is 3.19. The second-order valence-corrected chi connectivity index (χ2v) is 3.33. The molecule has 1 saturated heterocycles. The minimum absolute atomic E-state index is 0.0561. The van der Waals surface area contributed by atoms with Gasteiger partial charge in [0.1, 0.15) is 0 Å². The van der Waals surface area contributed by atoms with Gasteiger partial charge in [-0.25, -0.2) is 0 Å². The number of aliphatic hydroxyl groups excluding tert-OH is 1. The van der Waals surface area contributed by atoms with Crippen LogP contribution in [0.25, 0.3) is 0 Å². The van der Waals surface area contributed by atoms with E-state index in [2.05, 4.69) is 0 Å². The van der Waals surface area contributed by atoms with E-state index in [1.165, 1.54) is 0 Å². The van der Waals surface area contributed by atoms with Crippen LogP contribution in [0, 0.1) is 0 Å². The van der Waals surface area contributed by atoms with Crippen molar-refractivity contribution in [1.29, 1.82) is 0 Å². The van der Waals surface area contributed by atoms with Crippen molar-refractivity contribution in [3.05, 3.63) is 29.8 Å². The standard InChI is InChI=1S/C10H13BO3/c12-8-9-3-1-4-10(7-9)11-13-5-2-6-14-11/h1,3-4,7,12H,2,5-6,8H2. The van der Waals surface area contributed by atoms with Crippen molar-refractivity contribution in [2.75, 3.05) is 13.2 Å². The van der Waals surface area contributed by atoms with Crippen LogP contribution in [0.3, 0.4) is 0 Å². The van der Waals surface area contributed by atoms with Crippen molar-refractivity contribution < 1.29 is 14.4 Å². The van der Waals surface area contributed by atoms with Crippen LogP contribution in [-0.2, 0) is 15.9 Å². The summed E-state index contributed by atoms with van der Waals surface area (Å²) < 4.78 is 10.9. The normalized spacial score (nSPS) is 17.1. The summed E-state index contributed by atoms with van der Waals surface area (Å²) >= 11 is 0. The molecule has 0 aromatic heterocycles. The molecule has 1 N–H and O–H groups in total. The quantitative estimate of drug-likeness (QED) is 0.685. The highest BCUT2D eigenvalue weighted by atomic mass is 16.6. The first-order chi connectivity index (χ1) is 6.90. The summed E-state index contributed by atoms with van der Waals surface area (Å²) in [7, 11) is -0.254. The lowest BCUT2D eigenvalue weighted by atomic mass is 9.77. The Bertz CT molecular complexity index is 297. The monoisotopic (exact) mass is 192 g/mol. The summed E-state index contributed by atoms with van der Waals surface area (Å²) in [5.74, 6) is 0. The second kappa shape index (κ2) is 4.60. The van der Waals surface area contributed by atoms with E-state index in [4.69, 9.17) is 14.4 Å². The first-order valence-electron chi connectivity index (χ1n) is 4.83. The molecule has 0 saturated carbocycles. The van der Waals surface area contributed by atoms with Gasteiger partial charge in [-0.15, -0.1) is 0 Å². The molecule has 0 atom stereocenters. The van der Waals surface area contributed by atoms with Crippen molar-refractivity contribution in [2.45, 2.75) is 13.0 Å². The smallest absolute Gasteiger partial charge is 0.407 e. The van der Waals surface area contributed by atoms with Gasteiger partial charge < -0.3 is 14.4 Å². The van der Waals surface area contributed by atoms with Gasteiger partial charge in [0.2, 0.25) is 0 Å². The molecule has 1 aliphatic heterocycles. The lowest BCUT2D eigenvalue weighted by Crippen LogP contribution is -2.40. The summed E-state index contributed by atoms with van der Waals surface area (Å²) in [6.07, 6.45) is 0.955. The minimum atomic E-state index is -0.254. The van der Waals surface area contributed by atoms with E-state index in [1.54, 1.807) is 0 Å². The molecule has 0 amide bonds. The molecule has 1 aromatic carbocycles. The average molecular weight is 192 g/mol. The third-order valence-corrected chi connectivity index (χ3v) is 2.23. The van der Waals surface area contributed by atoms with Gasteiger partial charge in [-0.05, 0) is 17.4 Å². The topological polar surface area (TPSA) is 38.7 Å². The van der Waals surface area contributed by atoms with Crippen LogP contribution in [0.1, 0.15) is 12.0 Å². The predicted molar refractivity (Wildman–Crippen MR) is 54.3 cm³/mol. The number of hydrogen-bond donors (Lipinski definition) is 1. The SMILES string of the molecule is OCc1cccc(B2OCCCO2)c1. The Morgan fingerprint density at radius 1 is 1.29 bits per heavy atom. The fourth-order valence-corrected chi connectivity index (χ4v) is 1.52. The average Bonchev–Trinajstić information content (AvgIpc) is 2.30. The van der Waals surface area contributed by atoms with E-state index >= 15 is 0 Å².